The number of furan rings is 1. The van der Waals surface area contributed by atoms with Gasteiger partial charge in [0, 0.05) is 38.8 Å². The number of anilines is 3. The minimum Gasteiger partial charge on any atom is -0.456 e. The van der Waals surface area contributed by atoms with E-state index in [1.165, 1.54) is 70.9 Å². The third-order valence-electron chi connectivity index (χ3n) is 12.9. The molecule has 13 aromatic rings. The topological polar surface area (TPSA) is 21.3 Å². The summed E-state index contributed by atoms with van der Waals surface area (Å²) in [6.45, 7) is 0. The molecule has 63 heavy (non-hydrogen) atoms. The molecule has 0 saturated heterocycles. The molecule has 3 nitrogen and oxygen atoms in total. The quantitative estimate of drug-likeness (QED) is 0.156. The second-order valence-electron chi connectivity index (χ2n) is 16.4. The van der Waals surface area contributed by atoms with E-state index >= 15 is 0 Å². The molecule has 0 bridgehead atoms. The normalized spacial score (nSPS) is 11.8. The molecule has 0 atom stereocenters. The Morgan fingerprint density at radius 1 is 0.333 bits per heavy atom. The van der Waals surface area contributed by atoms with Gasteiger partial charge in [-0.05, 0) is 116 Å². The summed E-state index contributed by atoms with van der Waals surface area (Å²) in [5.74, 6) is 0. The van der Waals surface area contributed by atoms with Crippen molar-refractivity contribution in [2.24, 2.45) is 0 Å². The molecule has 3 heteroatoms. The number of nitrogens with zero attached hydrogens (tertiary/aromatic N) is 2. The van der Waals surface area contributed by atoms with Crippen molar-refractivity contribution in [3.05, 3.63) is 231 Å². The largest absolute Gasteiger partial charge is 0.456 e. The molecule has 2 heterocycles. The van der Waals surface area contributed by atoms with Gasteiger partial charge >= 0.3 is 0 Å². The Labute approximate surface area is 363 Å². The predicted molar refractivity (Wildman–Crippen MR) is 266 cm³/mol. The third-order valence-corrected chi connectivity index (χ3v) is 12.9. The minimum absolute atomic E-state index is 0.858. The van der Waals surface area contributed by atoms with Crippen molar-refractivity contribution in [3.8, 4) is 27.9 Å². The average molecular weight is 803 g/mol. The molecule has 0 amide bonds. The maximum absolute atomic E-state index is 6.55. The molecule has 0 fully saturated rings. The fraction of sp³-hybridized carbons (Fsp3) is 0. The van der Waals surface area contributed by atoms with Crippen molar-refractivity contribution in [1.29, 1.82) is 0 Å². The molecule has 0 aliphatic carbocycles. The van der Waals surface area contributed by atoms with Crippen LogP contribution in [0.15, 0.2) is 235 Å². The van der Waals surface area contributed by atoms with Crippen molar-refractivity contribution in [2.45, 2.75) is 0 Å². The van der Waals surface area contributed by atoms with Gasteiger partial charge in [-0.15, -0.1) is 0 Å². The summed E-state index contributed by atoms with van der Waals surface area (Å²) in [7, 11) is 0. The third kappa shape index (κ3) is 5.53. The molecule has 0 unspecified atom stereocenters. The number of benzene rings is 11. The van der Waals surface area contributed by atoms with Gasteiger partial charge in [0.15, 0.2) is 0 Å². The highest BCUT2D eigenvalue weighted by atomic mass is 16.3. The van der Waals surface area contributed by atoms with Crippen LogP contribution in [-0.2, 0) is 0 Å². The van der Waals surface area contributed by atoms with E-state index in [1.54, 1.807) is 0 Å². The second kappa shape index (κ2) is 14.1. The van der Waals surface area contributed by atoms with Gasteiger partial charge in [0.05, 0.1) is 22.1 Å². The Bertz CT molecular complexity index is 3870. The van der Waals surface area contributed by atoms with Gasteiger partial charge in [0.2, 0.25) is 0 Å². The molecule has 0 N–H and O–H groups in total. The van der Waals surface area contributed by atoms with Crippen molar-refractivity contribution in [1.82, 2.24) is 4.57 Å². The first-order chi connectivity index (χ1) is 31.3. The zero-order valence-electron chi connectivity index (χ0n) is 34.2. The number of fused-ring (bicyclic) bond motifs is 12. The summed E-state index contributed by atoms with van der Waals surface area (Å²) in [5, 5.41) is 12.0. The molecular formula is C60H38N2O. The first kappa shape index (κ1) is 35.4. The first-order valence-electron chi connectivity index (χ1n) is 21.6. The second-order valence-corrected chi connectivity index (χ2v) is 16.4. The Kier molecular flexibility index (Phi) is 7.91. The Morgan fingerprint density at radius 3 is 1.57 bits per heavy atom. The zero-order valence-corrected chi connectivity index (χ0v) is 34.2. The summed E-state index contributed by atoms with van der Waals surface area (Å²) < 4.78 is 9.02. The van der Waals surface area contributed by atoms with Gasteiger partial charge < -0.3 is 13.9 Å². The number of hydrogen-bond acceptors (Lipinski definition) is 2. The monoisotopic (exact) mass is 802 g/mol. The van der Waals surface area contributed by atoms with Crippen LogP contribution in [0.4, 0.5) is 17.1 Å². The zero-order chi connectivity index (χ0) is 41.4. The van der Waals surface area contributed by atoms with E-state index in [4.69, 9.17) is 4.42 Å². The highest BCUT2D eigenvalue weighted by molar-refractivity contribution is 6.26. The molecule has 294 valence electrons. The van der Waals surface area contributed by atoms with Gasteiger partial charge in [-0.25, -0.2) is 0 Å². The van der Waals surface area contributed by atoms with Crippen molar-refractivity contribution >= 4 is 93.1 Å². The van der Waals surface area contributed by atoms with Crippen molar-refractivity contribution in [2.75, 3.05) is 4.90 Å². The van der Waals surface area contributed by atoms with Gasteiger partial charge in [-0.2, -0.15) is 0 Å². The molecule has 11 aromatic carbocycles. The molecule has 0 aliphatic rings. The smallest absolute Gasteiger partial charge is 0.137 e. The highest BCUT2D eigenvalue weighted by Crippen LogP contribution is 2.48. The SMILES string of the molecule is c1ccc(-c2cc(-c3ccccc3)c3c(c2)c2ccc(N(c4ccc5c6ccccc6c6ccccc6c5c4)c4cccc5oc6ccccc6c45)cc2n3-c2ccccc2)cc1. The fourth-order valence-corrected chi connectivity index (χ4v) is 10.2. The van der Waals surface area contributed by atoms with Crippen LogP contribution in [0.25, 0.3) is 104 Å². The lowest BCUT2D eigenvalue weighted by molar-refractivity contribution is 0.669. The lowest BCUT2D eigenvalue weighted by Crippen LogP contribution is -2.10. The van der Waals surface area contributed by atoms with Gasteiger partial charge in [-0.1, -0.05) is 164 Å². The summed E-state index contributed by atoms with van der Waals surface area (Å²) >= 11 is 0. The Hall–Kier alpha value is -8.40. The molecule has 0 aliphatic heterocycles. The molecule has 0 radical (unpaired) electrons. The van der Waals surface area contributed by atoms with Crippen LogP contribution in [0.2, 0.25) is 0 Å². The predicted octanol–water partition coefficient (Wildman–Crippen LogP) is 16.9. The Balaban J connectivity index is 1.15. The number of aromatic nitrogens is 1. The van der Waals surface area contributed by atoms with Gasteiger partial charge in [-0.3, -0.25) is 0 Å². The van der Waals surface area contributed by atoms with E-state index in [0.717, 1.165) is 50.2 Å². The summed E-state index contributed by atoms with van der Waals surface area (Å²) in [4.78, 5) is 2.44. The summed E-state index contributed by atoms with van der Waals surface area (Å²) in [5.41, 5.74) is 13.1. The van der Waals surface area contributed by atoms with Crippen LogP contribution in [0, 0.1) is 0 Å². The number of hydrogen-bond donors (Lipinski definition) is 0. The molecule has 0 spiro atoms. The maximum Gasteiger partial charge on any atom is 0.137 e. The number of rotatable bonds is 6. The van der Waals surface area contributed by atoms with Crippen molar-refractivity contribution in [3.63, 3.8) is 0 Å². The summed E-state index contributed by atoms with van der Waals surface area (Å²) in [6, 6.07) is 83.6. The van der Waals surface area contributed by atoms with Crippen LogP contribution in [0.5, 0.6) is 0 Å². The lowest BCUT2D eigenvalue weighted by atomic mass is 9.94. The van der Waals surface area contributed by atoms with Crippen LogP contribution in [-0.4, -0.2) is 4.57 Å². The standard InChI is InChI=1S/C60H38N2O/c1-4-17-39(18-5-1)41-35-52(40-19-6-2-7-20-40)60-54(36-41)50-34-32-44(38-56(50)62(60)42-21-8-3-9-22-42)61(55-28-16-30-58-59(55)51-27-14-15-29-57(51)63-58)43-31-33-49-47-25-11-10-23-45(47)46-24-12-13-26-48(46)53(49)37-43/h1-38H. The van der Waals surface area contributed by atoms with E-state index in [-0.39, 0.29) is 0 Å². The molecular weight excluding hydrogens is 765 g/mol. The van der Waals surface area contributed by atoms with Crippen LogP contribution in [0.1, 0.15) is 0 Å². The maximum atomic E-state index is 6.55. The van der Waals surface area contributed by atoms with E-state index in [9.17, 15) is 0 Å². The molecule has 13 rings (SSSR count). The van der Waals surface area contributed by atoms with Gasteiger partial charge in [0.25, 0.3) is 0 Å². The van der Waals surface area contributed by atoms with Gasteiger partial charge in [0.1, 0.15) is 11.2 Å². The summed E-state index contributed by atoms with van der Waals surface area (Å²) in [6.07, 6.45) is 0. The van der Waals surface area contributed by atoms with Crippen LogP contribution in [0.3, 0.4) is 0 Å². The van der Waals surface area contributed by atoms with E-state index in [2.05, 4.69) is 234 Å². The van der Waals surface area contributed by atoms with Crippen LogP contribution < -0.4 is 4.90 Å². The van der Waals surface area contributed by atoms with E-state index in [0.29, 0.717) is 0 Å². The lowest BCUT2D eigenvalue weighted by Gasteiger charge is -2.27. The van der Waals surface area contributed by atoms with Crippen molar-refractivity contribution < 1.29 is 4.42 Å². The minimum atomic E-state index is 0.858. The van der Waals surface area contributed by atoms with E-state index in [1.807, 2.05) is 6.07 Å². The average Bonchev–Trinajstić information content (AvgIpc) is 3.91. The van der Waals surface area contributed by atoms with E-state index < -0.39 is 0 Å². The molecule has 0 saturated carbocycles. The molecule has 2 aromatic heterocycles. The first-order valence-corrected chi connectivity index (χ1v) is 21.6. The fourth-order valence-electron chi connectivity index (χ4n) is 10.2. The number of para-hydroxylation sites is 2. The highest BCUT2D eigenvalue weighted by Gasteiger charge is 2.24. The Morgan fingerprint density at radius 2 is 0.873 bits per heavy atom. The van der Waals surface area contributed by atoms with Crippen LogP contribution >= 0.6 is 0 Å².